The van der Waals surface area contributed by atoms with Crippen molar-refractivity contribution >= 4 is 5.96 Å². The summed E-state index contributed by atoms with van der Waals surface area (Å²) < 4.78 is 21.6. The molecule has 0 bridgehead atoms. The van der Waals surface area contributed by atoms with Gasteiger partial charge < -0.3 is 34.5 Å². The number of likely N-dealkylation sites (N-methyl/N-ethyl adjacent to an activating group) is 1. The maximum Gasteiger partial charge on any atom is 0.191 e. The molecule has 0 amide bonds. The largest absolute Gasteiger partial charge is 0.493 e. The Morgan fingerprint density at radius 3 is 2.52 bits per heavy atom. The first-order valence-corrected chi connectivity index (χ1v) is 10.8. The van der Waals surface area contributed by atoms with Gasteiger partial charge in [-0.3, -0.25) is 9.89 Å². The molecule has 1 unspecified atom stereocenters. The molecule has 1 aromatic rings. The van der Waals surface area contributed by atoms with E-state index in [4.69, 9.17) is 18.9 Å². The van der Waals surface area contributed by atoms with Gasteiger partial charge in [-0.1, -0.05) is 6.07 Å². The third kappa shape index (κ3) is 8.17. The van der Waals surface area contributed by atoms with Gasteiger partial charge in [0.05, 0.1) is 40.1 Å². The molecule has 2 rings (SSSR count). The number of rotatable bonds is 12. The Morgan fingerprint density at radius 2 is 1.87 bits per heavy atom. The van der Waals surface area contributed by atoms with Crippen LogP contribution in [0.4, 0.5) is 0 Å². The first-order valence-electron chi connectivity index (χ1n) is 10.8. The van der Waals surface area contributed by atoms with Crippen LogP contribution in [0, 0.1) is 0 Å². The van der Waals surface area contributed by atoms with Crippen molar-refractivity contribution in [3.8, 4) is 11.5 Å². The Bertz CT molecular complexity index is 667. The predicted octanol–water partition coefficient (Wildman–Crippen LogP) is 0.820. The lowest BCUT2D eigenvalue weighted by atomic mass is 10.0. The third-order valence-corrected chi connectivity index (χ3v) is 5.43. The summed E-state index contributed by atoms with van der Waals surface area (Å²) in [6.45, 7) is 7.32. The lowest BCUT2D eigenvalue weighted by Gasteiger charge is -2.35. The molecule has 2 N–H and O–H groups in total. The quantitative estimate of drug-likeness (QED) is 0.368. The highest BCUT2D eigenvalue weighted by Gasteiger charge is 2.24. The second-order valence-corrected chi connectivity index (χ2v) is 7.45. The summed E-state index contributed by atoms with van der Waals surface area (Å²) in [6, 6.07) is 6.28. The van der Waals surface area contributed by atoms with E-state index in [2.05, 4.69) is 44.6 Å². The number of methoxy groups -OCH3 is 3. The minimum absolute atomic E-state index is 0.159. The van der Waals surface area contributed by atoms with Crippen LogP contribution in [0.25, 0.3) is 0 Å². The summed E-state index contributed by atoms with van der Waals surface area (Å²) in [7, 11) is 8.92. The predicted molar refractivity (Wildman–Crippen MR) is 123 cm³/mol. The van der Waals surface area contributed by atoms with Crippen LogP contribution >= 0.6 is 0 Å². The van der Waals surface area contributed by atoms with Crippen molar-refractivity contribution < 1.29 is 18.9 Å². The van der Waals surface area contributed by atoms with Crippen LogP contribution in [0.2, 0.25) is 0 Å². The summed E-state index contributed by atoms with van der Waals surface area (Å²) in [6.07, 6.45) is 0. The smallest absolute Gasteiger partial charge is 0.191 e. The number of guanidine groups is 1. The number of benzene rings is 1. The van der Waals surface area contributed by atoms with Gasteiger partial charge in [0, 0.05) is 53.4 Å². The van der Waals surface area contributed by atoms with Crippen molar-refractivity contribution in [1.29, 1.82) is 0 Å². The molecule has 1 aliphatic heterocycles. The number of morpholine rings is 1. The van der Waals surface area contributed by atoms with Gasteiger partial charge in [0.2, 0.25) is 0 Å². The highest BCUT2D eigenvalue weighted by Crippen LogP contribution is 2.32. The van der Waals surface area contributed by atoms with Gasteiger partial charge in [-0.2, -0.15) is 0 Å². The zero-order valence-electron chi connectivity index (χ0n) is 19.6. The minimum atomic E-state index is 0.159. The topological polar surface area (TPSA) is 79.8 Å². The van der Waals surface area contributed by atoms with Crippen LogP contribution in [0.3, 0.4) is 0 Å². The van der Waals surface area contributed by atoms with E-state index in [1.54, 1.807) is 28.4 Å². The fourth-order valence-electron chi connectivity index (χ4n) is 3.55. The Morgan fingerprint density at radius 1 is 1.13 bits per heavy atom. The SMILES string of the molecule is CN=C(NCCN(C)CCOC)NCC(c1ccc(OC)c(OC)c1)N1CCOCC1. The van der Waals surface area contributed by atoms with Crippen LogP contribution in [-0.4, -0.2) is 110 Å². The summed E-state index contributed by atoms with van der Waals surface area (Å²) in [4.78, 5) is 9.04. The number of aliphatic imine (C=N–C) groups is 1. The van der Waals surface area contributed by atoms with Crippen LogP contribution in [0.5, 0.6) is 11.5 Å². The number of hydrogen-bond donors (Lipinski definition) is 2. The molecule has 9 nitrogen and oxygen atoms in total. The molecule has 0 aromatic heterocycles. The van der Waals surface area contributed by atoms with Crippen molar-refractivity contribution in [3.63, 3.8) is 0 Å². The van der Waals surface area contributed by atoms with Crippen LogP contribution in [-0.2, 0) is 9.47 Å². The van der Waals surface area contributed by atoms with E-state index in [-0.39, 0.29) is 6.04 Å². The van der Waals surface area contributed by atoms with E-state index in [1.807, 2.05) is 6.07 Å². The van der Waals surface area contributed by atoms with E-state index in [0.717, 1.165) is 70.0 Å². The standard InChI is InChI=1S/C22H39N5O4/c1-23-22(24-8-9-26(2)10-13-28-3)25-17-19(27-11-14-31-15-12-27)18-6-7-20(29-4)21(16-18)30-5/h6-7,16,19H,8-15,17H2,1-5H3,(H2,23,24,25). The second-order valence-electron chi connectivity index (χ2n) is 7.45. The van der Waals surface area contributed by atoms with Crippen molar-refractivity contribution in [1.82, 2.24) is 20.4 Å². The van der Waals surface area contributed by atoms with Gasteiger partial charge in [-0.25, -0.2) is 0 Å². The Labute approximate surface area is 186 Å². The van der Waals surface area contributed by atoms with Crippen molar-refractivity contribution in [2.75, 3.05) is 94.5 Å². The molecule has 1 aliphatic rings. The third-order valence-electron chi connectivity index (χ3n) is 5.43. The molecule has 1 fully saturated rings. The molecule has 1 saturated heterocycles. The van der Waals surface area contributed by atoms with Gasteiger partial charge >= 0.3 is 0 Å². The number of ether oxygens (including phenoxy) is 4. The molecule has 9 heteroatoms. The minimum Gasteiger partial charge on any atom is -0.493 e. The van der Waals surface area contributed by atoms with Crippen molar-refractivity contribution in [2.45, 2.75) is 6.04 Å². The Kier molecular flexibility index (Phi) is 11.4. The molecule has 31 heavy (non-hydrogen) atoms. The second kappa shape index (κ2) is 14.1. The monoisotopic (exact) mass is 437 g/mol. The van der Waals surface area contributed by atoms with E-state index in [1.165, 1.54) is 5.56 Å². The highest BCUT2D eigenvalue weighted by molar-refractivity contribution is 5.79. The molecule has 0 saturated carbocycles. The molecule has 1 atom stereocenters. The fourth-order valence-corrected chi connectivity index (χ4v) is 3.55. The fraction of sp³-hybridized carbons (Fsp3) is 0.682. The maximum absolute atomic E-state index is 5.56. The molecule has 1 heterocycles. The van der Waals surface area contributed by atoms with E-state index >= 15 is 0 Å². The molecular weight excluding hydrogens is 398 g/mol. The number of nitrogens with zero attached hydrogens (tertiary/aromatic N) is 3. The molecule has 0 spiro atoms. The van der Waals surface area contributed by atoms with Crippen molar-refractivity contribution in [3.05, 3.63) is 23.8 Å². The Balaban J connectivity index is 2.01. The van der Waals surface area contributed by atoms with Gasteiger partial charge in [-0.05, 0) is 24.7 Å². The Hall–Kier alpha value is -2.07. The lowest BCUT2D eigenvalue weighted by Crippen LogP contribution is -2.47. The first kappa shape index (κ1) is 25.2. The average molecular weight is 438 g/mol. The van der Waals surface area contributed by atoms with Crippen molar-refractivity contribution in [2.24, 2.45) is 4.99 Å². The summed E-state index contributed by atoms with van der Waals surface area (Å²) >= 11 is 0. The highest BCUT2D eigenvalue weighted by atomic mass is 16.5. The summed E-state index contributed by atoms with van der Waals surface area (Å²) in [5, 5.41) is 6.89. The molecular formula is C22H39N5O4. The van der Waals surface area contributed by atoms with E-state index in [0.29, 0.717) is 6.54 Å². The molecule has 0 aliphatic carbocycles. The molecule has 176 valence electrons. The van der Waals surface area contributed by atoms with Gasteiger partial charge in [0.25, 0.3) is 0 Å². The molecule has 1 aromatic carbocycles. The number of hydrogen-bond acceptors (Lipinski definition) is 7. The van der Waals surface area contributed by atoms with E-state index < -0.39 is 0 Å². The zero-order chi connectivity index (χ0) is 22.5. The van der Waals surface area contributed by atoms with Crippen LogP contribution in [0.15, 0.2) is 23.2 Å². The van der Waals surface area contributed by atoms with Crippen LogP contribution in [0.1, 0.15) is 11.6 Å². The molecule has 0 radical (unpaired) electrons. The maximum atomic E-state index is 5.56. The van der Waals surface area contributed by atoms with Gasteiger partial charge in [0.15, 0.2) is 17.5 Å². The average Bonchev–Trinajstić information content (AvgIpc) is 2.82. The summed E-state index contributed by atoms with van der Waals surface area (Å²) in [5.74, 6) is 2.26. The normalized spacial score (nSPS) is 16.3. The number of nitrogens with one attached hydrogen (secondary N) is 2. The van der Waals surface area contributed by atoms with Crippen LogP contribution < -0.4 is 20.1 Å². The first-order chi connectivity index (χ1) is 15.1. The van der Waals surface area contributed by atoms with Gasteiger partial charge in [0.1, 0.15) is 0 Å². The summed E-state index contributed by atoms with van der Waals surface area (Å²) in [5.41, 5.74) is 1.17. The van der Waals surface area contributed by atoms with E-state index in [9.17, 15) is 0 Å². The lowest BCUT2D eigenvalue weighted by molar-refractivity contribution is 0.0169. The zero-order valence-corrected chi connectivity index (χ0v) is 19.6. The van der Waals surface area contributed by atoms with Gasteiger partial charge in [-0.15, -0.1) is 0 Å².